The monoisotopic (exact) mass is 183 g/mol. The van der Waals surface area contributed by atoms with Gasteiger partial charge in [0.05, 0.1) is 12.1 Å². The van der Waals surface area contributed by atoms with Crippen molar-refractivity contribution in [3.05, 3.63) is 15.9 Å². The maximum atomic E-state index is 11.1. The molecule has 4 nitrogen and oxygen atoms in total. The van der Waals surface area contributed by atoms with Gasteiger partial charge in [0.15, 0.2) is 0 Å². The Balaban J connectivity index is 0.000000396. The van der Waals surface area contributed by atoms with Crippen molar-refractivity contribution in [1.29, 1.82) is 0 Å². The van der Waals surface area contributed by atoms with Gasteiger partial charge in [-0.15, -0.1) is 0 Å². The summed E-state index contributed by atoms with van der Waals surface area (Å²) < 4.78 is 1.90. The predicted octanol–water partition coefficient (Wildman–Crippen LogP) is 0.961. The molecule has 0 aromatic carbocycles. The third-order valence-corrected chi connectivity index (χ3v) is 2.19. The third-order valence-electron chi connectivity index (χ3n) is 2.19. The van der Waals surface area contributed by atoms with Gasteiger partial charge < -0.3 is 4.90 Å². The molecule has 1 aromatic heterocycles. The molecular weight excluding hydrogens is 166 g/mol. The Morgan fingerprint density at radius 2 is 1.92 bits per heavy atom. The number of H-pyrrole nitrogens is 1. The summed E-state index contributed by atoms with van der Waals surface area (Å²) in [5, 5.41) is 2.77. The molecular formula is C9H17N3O. The molecule has 0 fully saturated rings. The van der Waals surface area contributed by atoms with Gasteiger partial charge in [-0.25, -0.2) is 0 Å². The Morgan fingerprint density at radius 1 is 1.31 bits per heavy atom. The van der Waals surface area contributed by atoms with Gasteiger partial charge in [-0.2, -0.15) is 0 Å². The van der Waals surface area contributed by atoms with Gasteiger partial charge >= 0.3 is 0 Å². The molecule has 74 valence electrons. The topological polar surface area (TPSA) is 41.0 Å². The molecule has 0 aliphatic carbocycles. The molecule has 2 heterocycles. The molecule has 0 saturated carbocycles. The molecule has 0 unspecified atom stereocenters. The molecule has 0 atom stereocenters. The van der Waals surface area contributed by atoms with Crippen LogP contribution >= 0.6 is 0 Å². The lowest BCUT2D eigenvalue weighted by Gasteiger charge is -2.08. The van der Waals surface area contributed by atoms with Gasteiger partial charge in [-0.05, 0) is 6.92 Å². The van der Waals surface area contributed by atoms with Gasteiger partial charge in [0.25, 0.3) is 5.56 Å². The number of aromatic nitrogens is 2. The predicted molar refractivity (Wildman–Crippen MR) is 54.4 cm³/mol. The van der Waals surface area contributed by atoms with Crippen LogP contribution in [0.2, 0.25) is 0 Å². The maximum absolute atomic E-state index is 11.1. The van der Waals surface area contributed by atoms with Crippen molar-refractivity contribution in [2.75, 3.05) is 18.5 Å². The van der Waals surface area contributed by atoms with Crippen LogP contribution in [-0.2, 0) is 6.54 Å². The molecule has 1 aliphatic rings. The minimum absolute atomic E-state index is 0.0338. The zero-order chi connectivity index (χ0) is 10.0. The van der Waals surface area contributed by atoms with Crippen molar-refractivity contribution >= 4 is 5.82 Å². The molecule has 0 radical (unpaired) electrons. The van der Waals surface area contributed by atoms with Gasteiger partial charge in [0, 0.05) is 13.6 Å². The van der Waals surface area contributed by atoms with Gasteiger partial charge in [-0.3, -0.25) is 14.6 Å². The second-order valence-corrected chi connectivity index (χ2v) is 2.96. The van der Waals surface area contributed by atoms with Crippen molar-refractivity contribution in [2.24, 2.45) is 0 Å². The third kappa shape index (κ3) is 1.48. The van der Waals surface area contributed by atoms with Gasteiger partial charge in [0.2, 0.25) is 0 Å². The number of fused-ring (bicyclic) bond motifs is 1. The van der Waals surface area contributed by atoms with Crippen LogP contribution in [0.25, 0.3) is 0 Å². The van der Waals surface area contributed by atoms with Crippen molar-refractivity contribution < 1.29 is 0 Å². The lowest BCUT2D eigenvalue weighted by molar-refractivity contribution is 0.683. The lowest BCUT2D eigenvalue weighted by atomic mass is 10.3. The second kappa shape index (κ2) is 3.68. The minimum atomic E-state index is 0.0338. The smallest absolute Gasteiger partial charge is 0.269 e. The first-order valence-electron chi connectivity index (χ1n) is 4.70. The summed E-state index contributed by atoms with van der Waals surface area (Å²) in [5.74, 6) is 1.04. The second-order valence-electron chi connectivity index (χ2n) is 2.96. The Hall–Kier alpha value is -1.19. The van der Waals surface area contributed by atoms with Crippen LogP contribution in [0.1, 0.15) is 19.4 Å². The minimum Gasteiger partial charge on any atom is -0.358 e. The molecule has 4 heteroatoms. The summed E-state index contributed by atoms with van der Waals surface area (Å²) in [5.41, 5.74) is 0.858. The van der Waals surface area contributed by atoms with E-state index in [0.29, 0.717) is 0 Å². The number of nitrogens with zero attached hydrogens (tertiary/aromatic N) is 2. The zero-order valence-electron chi connectivity index (χ0n) is 8.72. The number of likely N-dealkylation sites (N-methyl/N-ethyl adjacent to an activating group) is 1. The molecule has 13 heavy (non-hydrogen) atoms. The molecule has 1 aromatic rings. The summed E-state index contributed by atoms with van der Waals surface area (Å²) >= 11 is 0. The number of hydrogen-bond donors (Lipinski definition) is 1. The highest BCUT2D eigenvalue weighted by Gasteiger charge is 2.19. The SMILES string of the molecule is CC.Cc1c2n([nH]c1=O)CCN2C. The highest BCUT2D eigenvalue weighted by atomic mass is 16.1. The number of aromatic amines is 1. The van der Waals surface area contributed by atoms with E-state index in [-0.39, 0.29) is 5.56 Å². The van der Waals surface area contributed by atoms with Crippen LogP contribution < -0.4 is 10.5 Å². The van der Waals surface area contributed by atoms with Gasteiger partial charge in [0.1, 0.15) is 5.82 Å². The Morgan fingerprint density at radius 3 is 2.46 bits per heavy atom. The first-order valence-corrected chi connectivity index (χ1v) is 4.70. The molecule has 1 aliphatic heterocycles. The summed E-state index contributed by atoms with van der Waals surface area (Å²) in [4.78, 5) is 13.2. The van der Waals surface area contributed by atoms with E-state index in [9.17, 15) is 4.79 Å². The average Bonchev–Trinajstić information content (AvgIpc) is 2.61. The standard InChI is InChI=1S/C7H11N3O.C2H6/c1-5-6(11)8-10-4-3-9(2)7(5)10;1-2/h3-4H2,1-2H3,(H,8,11);1-2H3. The summed E-state index contributed by atoms with van der Waals surface area (Å²) in [7, 11) is 2.00. The number of rotatable bonds is 0. The van der Waals surface area contributed by atoms with Crippen molar-refractivity contribution in [2.45, 2.75) is 27.3 Å². The highest BCUT2D eigenvalue weighted by molar-refractivity contribution is 5.47. The van der Waals surface area contributed by atoms with Crippen LogP contribution in [0.15, 0.2) is 4.79 Å². The van der Waals surface area contributed by atoms with E-state index in [1.54, 1.807) is 0 Å². The molecule has 2 rings (SSSR count). The fourth-order valence-corrected chi connectivity index (χ4v) is 1.57. The zero-order valence-corrected chi connectivity index (χ0v) is 8.72. The van der Waals surface area contributed by atoms with Crippen LogP contribution in [0.5, 0.6) is 0 Å². The van der Waals surface area contributed by atoms with Crippen LogP contribution in [0.4, 0.5) is 5.82 Å². The summed E-state index contributed by atoms with van der Waals surface area (Å²) in [6.45, 7) is 7.74. The summed E-state index contributed by atoms with van der Waals surface area (Å²) in [6.07, 6.45) is 0. The van der Waals surface area contributed by atoms with Crippen LogP contribution in [0, 0.1) is 6.92 Å². The lowest BCUT2D eigenvalue weighted by Crippen LogP contribution is -2.16. The molecule has 0 saturated heterocycles. The van der Waals surface area contributed by atoms with Crippen molar-refractivity contribution in [1.82, 2.24) is 9.78 Å². The van der Waals surface area contributed by atoms with Crippen molar-refractivity contribution in [3.63, 3.8) is 0 Å². The highest BCUT2D eigenvalue weighted by Crippen LogP contribution is 2.19. The van der Waals surface area contributed by atoms with Gasteiger partial charge in [-0.1, -0.05) is 13.8 Å². The Labute approximate surface area is 78.1 Å². The normalized spacial score (nSPS) is 13.7. The van der Waals surface area contributed by atoms with E-state index in [1.165, 1.54) is 0 Å². The van der Waals surface area contributed by atoms with E-state index < -0.39 is 0 Å². The summed E-state index contributed by atoms with van der Waals surface area (Å²) in [6, 6.07) is 0. The first-order chi connectivity index (χ1) is 6.20. The van der Waals surface area contributed by atoms with E-state index in [2.05, 4.69) is 10.00 Å². The van der Waals surface area contributed by atoms with E-state index in [4.69, 9.17) is 0 Å². The van der Waals surface area contributed by atoms with E-state index in [1.807, 2.05) is 32.5 Å². The largest absolute Gasteiger partial charge is 0.358 e. The Bertz CT molecular complexity index is 337. The Kier molecular flexibility index (Phi) is 2.80. The maximum Gasteiger partial charge on any atom is 0.269 e. The average molecular weight is 183 g/mol. The van der Waals surface area contributed by atoms with Crippen molar-refractivity contribution in [3.8, 4) is 0 Å². The molecule has 0 amide bonds. The quantitative estimate of drug-likeness (QED) is 0.651. The number of nitrogens with one attached hydrogen (secondary N) is 1. The molecule has 0 spiro atoms. The molecule has 1 N–H and O–H groups in total. The molecule has 0 bridgehead atoms. The van der Waals surface area contributed by atoms with E-state index >= 15 is 0 Å². The first kappa shape index (κ1) is 9.89. The fourth-order valence-electron chi connectivity index (χ4n) is 1.57. The number of anilines is 1. The number of hydrogen-bond acceptors (Lipinski definition) is 2. The fraction of sp³-hybridized carbons (Fsp3) is 0.667. The van der Waals surface area contributed by atoms with Crippen LogP contribution in [0.3, 0.4) is 0 Å². The van der Waals surface area contributed by atoms with Crippen LogP contribution in [-0.4, -0.2) is 23.4 Å². The van der Waals surface area contributed by atoms with E-state index in [0.717, 1.165) is 24.5 Å².